The Balaban J connectivity index is 1.65. The first-order valence-corrected chi connectivity index (χ1v) is 9.35. The summed E-state index contributed by atoms with van der Waals surface area (Å²) in [5.41, 5.74) is 0.666. The third-order valence-corrected chi connectivity index (χ3v) is 5.48. The van der Waals surface area contributed by atoms with Gasteiger partial charge in [-0.2, -0.15) is 0 Å². The van der Waals surface area contributed by atoms with E-state index in [2.05, 4.69) is 27.7 Å². The lowest BCUT2D eigenvalue weighted by molar-refractivity contribution is 0.0925. The van der Waals surface area contributed by atoms with Crippen LogP contribution in [0.15, 0.2) is 41.8 Å². The molecule has 0 aliphatic carbocycles. The average Bonchev–Trinajstić information content (AvgIpc) is 3.17. The van der Waals surface area contributed by atoms with Crippen LogP contribution in [-0.2, 0) is 0 Å². The maximum absolute atomic E-state index is 12.4. The first-order valence-electron chi connectivity index (χ1n) is 8.47. The van der Waals surface area contributed by atoms with Crippen molar-refractivity contribution in [3.05, 3.63) is 52.2 Å². The van der Waals surface area contributed by atoms with E-state index in [1.54, 1.807) is 30.6 Å². The van der Waals surface area contributed by atoms with Crippen molar-refractivity contribution in [3.63, 3.8) is 0 Å². The Kier molecular flexibility index (Phi) is 5.88. The highest BCUT2D eigenvalue weighted by atomic mass is 32.1. The van der Waals surface area contributed by atoms with E-state index in [1.807, 2.05) is 12.1 Å². The van der Waals surface area contributed by atoms with E-state index in [-0.39, 0.29) is 11.9 Å². The van der Waals surface area contributed by atoms with Gasteiger partial charge >= 0.3 is 0 Å². The number of thiophene rings is 1. The minimum Gasteiger partial charge on any atom is -0.497 e. The highest BCUT2D eigenvalue weighted by molar-refractivity contribution is 7.10. The number of benzene rings is 1. The first kappa shape index (κ1) is 17.0. The van der Waals surface area contributed by atoms with Gasteiger partial charge in [-0.05, 0) is 61.6 Å². The van der Waals surface area contributed by atoms with Crippen LogP contribution in [0.1, 0.15) is 40.5 Å². The van der Waals surface area contributed by atoms with Crippen molar-refractivity contribution < 1.29 is 9.53 Å². The fraction of sp³-hybridized carbons (Fsp3) is 0.421. The Morgan fingerprint density at radius 1 is 1.21 bits per heavy atom. The molecule has 1 unspecified atom stereocenters. The molecule has 24 heavy (non-hydrogen) atoms. The number of hydrogen-bond donors (Lipinski definition) is 1. The molecule has 4 nitrogen and oxygen atoms in total. The van der Waals surface area contributed by atoms with Crippen LogP contribution in [0.2, 0.25) is 0 Å². The van der Waals surface area contributed by atoms with Crippen molar-refractivity contribution in [2.75, 3.05) is 26.7 Å². The first-order chi connectivity index (χ1) is 11.8. The van der Waals surface area contributed by atoms with Gasteiger partial charge in [0.15, 0.2) is 0 Å². The van der Waals surface area contributed by atoms with Gasteiger partial charge in [-0.25, -0.2) is 0 Å². The molecule has 1 atom stereocenters. The Labute approximate surface area is 147 Å². The molecule has 2 heterocycles. The highest BCUT2D eigenvalue weighted by Crippen LogP contribution is 2.27. The van der Waals surface area contributed by atoms with Gasteiger partial charge in [0.05, 0.1) is 13.2 Å². The van der Waals surface area contributed by atoms with Gasteiger partial charge < -0.3 is 10.1 Å². The normalized spacial score (nSPS) is 16.5. The van der Waals surface area contributed by atoms with E-state index in [9.17, 15) is 4.79 Å². The standard InChI is InChI=1S/C19H24N2O2S/c1-23-16-9-7-15(8-10-16)19(22)20-14-17(18-6-5-13-24-18)21-11-3-2-4-12-21/h5-10,13,17H,2-4,11-12,14H2,1H3,(H,20,22). The van der Waals surface area contributed by atoms with Gasteiger partial charge in [-0.15, -0.1) is 11.3 Å². The Morgan fingerprint density at radius 2 is 1.96 bits per heavy atom. The quantitative estimate of drug-likeness (QED) is 0.868. The molecule has 5 heteroatoms. The maximum Gasteiger partial charge on any atom is 0.251 e. The smallest absolute Gasteiger partial charge is 0.251 e. The predicted octanol–water partition coefficient (Wildman–Crippen LogP) is 3.71. The number of carbonyl (C=O) groups excluding carboxylic acids is 1. The summed E-state index contributed by atoms with van der Waals surface area (Å²) in [6.45, 7) is 2.87. The minimum absolute atomic E-state index is 0.0313. The zero-order valence-electron chi connectivity index (χ0n) is 14.0. The molecule has 1 aromatic carbocycles. The number of piperidine rings is 1. The molecule has 1 N–H and O–H groups in total. The number of amides is 1. The minimum atomic E-state index is -0.0313. The van der Waals surface area contributed by atoms with Crippen molar-refractivity contribution in [1.29, 1.82) is 0 Å². The predicted molar refractivity (Wildman–Crippen MR) is 97.8 cm³/mol. The van der Waals surface area contributed by atoms with E-state index in [0.29, 0.717) is 12.1 Å². The Morgan fingerprint density at radius 3 is 2.58 bits per heavy atom. The number of nitrogens with one attached hydrogen (secondary N) is 1. The summed E-state index contributed by atoms with van der Waals surface area (Å²) in [6, 6.07) is 11.8. The van der Waals surface area contributed by atoms with E-state index in [1.165, 1.54) is 24.1 Å². The molecule has 1 amide bonds. The van der Waals surface area contributed by atoms with Crippen molar-refractivity contribution in [2.45, 2.75) is 25.3 Å². The average molecular weight is 344 g/mol. The molecule has 0 saturated carbocycles. The monoisotopic (exact) mass is 344 g/mol. The molecule has 0 radical (unpaired) electrons. The van der Waals surface area contributed by atoms with Gasteiger partial charge in [0, 0.05) is 17.0 Å². The lowest BCUT2D eigenvalue weighted by Gasteiger charge is -2.34. The number of nitrogens with zero attached hydrogens (tertiary/aromatic N) is 1. The summed E-state index contributed by atoms with van der Waals surface area (Å²) in [4.78, 5) is 16.3. The fourth-order valence-electron chi connectivity index (χ4n) is 3.15. The molecule has 2 aromatic rings. The van der Waals surface area contributed by atoms with Crippen LogP contribution in [0, 0.1) is 0 Å². The third-order valence-electron chi connectivity index (χ3n) is 4.51. The molecule has 3 rings (SSSR count). The van der Waals surface area contributed by atoms with Crippen molar-refractivity contribution in [2.24, 2.45) is 0 Å². The van der Waals surface area contributed by atoms with Crippen LogP contribution in [0.25, 0.3) is 0 Å². The molecule has 1 saturated heterocycles. The fourth-order valence-corrected chi connectivity index (χ4v) is 4.02. The summed E-state index contributed by atoms with van der Waals surface area (Å²) < 4.78 is 5.14. The molecule has 1 aliphatic rings. The number of carbonyl (C=O) groups is 1. The number of rotatable bonds is 6. The maximum atomic E-state index is 12.4. The van der Waals surface area contributed by atoms with Crippen molar-refractivity contribution in [3.8, 4) is 5.75 Å². The van der Waals surface area contributed by atoms with Crippen molar-refractivity contribution in [1.82, 2.24) is 10.2 Å². The van der Waals surface area contributed by atoms with Crippen molar-refractivity contribution >= 4 is 17.2 Å². The molecule has 128 valence electrons. The molecule has 1 aliphatic heterocycles. The summed E-state index contributed by atoms with van der Waals surface area (Å²) in [5, 5.41) is 5.22. The van der Waals surface area contributed by atoms with Crippen LogP contribution >= 0.6 is 11.3 Å². The number of likely N-dealkylation sites (tertiary alicyclic amines) is 1. The van der Waals surface area contributed by atoms with Gasteiger partial charge in [0.2, 0.25) is 0 Å². The Bertz CT molecular complexity index is 634. The van der Waals surface area contributed by atoms with Gasteiger partial charge in [-0.1, -0.05) is 12.5 Å². The summed E-state index contributed by atoms with van der Waals surface area (Å²) >= 11 is 1.77. The number of methoxy groups -OCH3 is 1. The number of hydrogen-bond acceptors (Lipinski definition) is 4. The second-order valence-corrected chi connectivity index (χ2v) is 7.05. The van der Waals surface area contributed by atoms with E-state index in [0.717, 1.165) is 18.8 Å². The molecule has 0 bridgehead atoms. The number of ether oxygens (including phenoxy) is 1. The molecule has 0 spiro atoms. The third kappa shape index (κ3) is 4.16. The van der Waals surface area contributed by atoms with Gasteiger partial charge in [0.1, 0.15) is 5.75 Å². The molecular formula is C19H24N2O2S. The van der Waals surface area contributed by atoms with Gasteiger partial charge in [-0.3, -0.25) is 9.69 Å². The second kappa shape index (κ2) is 8.31. The second-order valence-electron chi connectivity index (χ2n) is 6.07. The highest BCUT2D eigenvalue weighted by Gasteiger charge is 2.23. The summed E-state index contributed by atoms with van der Waals surface area (Å²) in [5.74, 6) is 0.729. The van der Waals surface area contributed by atoms with Crippen LogP contribution in [0.3, 0.4) is 0 Å². The molecular weight excluding hydrogens is 320 g/mol. The zero-order chi connectivity index (χ0) is 16.8. The summed E-state index contributed by atoms with van der Waals surface area (Å²) in [6.07, 6.45) is 3.80. The Hall–Kier alpha value is -1.85. The van der Waals surface area contributed by atoms with E-state index < -0.39 is 0 Å². The van der Waals surface area contributed by atoms with Crippen LogP contribution in [0.5, 0.6) is 5.75 Å². The largest absolute Gasteiger partial charge is 0.497 e. The van der Waals surface area contributed by atoms with Crippen LogP contribution in [0.4, 0.5) is 0 Å². The topological polar surface area (TPSA) is 41.6 Å². The van der Waals surface area contributed by atoms with Gasteiger partial charge in [0.25, 0.3) is 5.91 Å². The van der Waals surface area contributed by atoms with E-state index >= 15 is 0 Å². The van der Waals surface area contributed by atoms with Crippen LogP contribution < -0.4 is 10.1 Å². The van der Waals surface area contributed by atoms with Crippen LogP contribution in [-0.4, -0.2) is 37.6 Å². The summed E-state index contributed by atoms with van der Waals surface area (Å²) in [7, 11) is 1.62. The molecule has 1 fully saturated rings. The zero-order valence-corrected chi connectivity index (χ0v) is 14.8. The lowest BCUT2D eigenvalue weighted by atomic mass is 10.1. The lowest BCUT2D eigenvalue weighted by Crippen LogP contribution is -2.40. The molecule has 1 aromatic heterocycles. The van der Waals surface area contributed by atoms with E-state index in [4.69, 9.17) is 4.74 Å². The SMILES string of the molecule is COc1ccc(C(=O)NCC(c2cccs2)N2CCCCC2)cc1.